The second-order valence-corrected chi connectivity index (χ2v) is 38.4. The first-order valence-electron chi connectivity index (χ1n) is 25.6. The zero-order valence-electron chi connectivity index (χ0n) is 44.5. The molecule has 0 aliphatic carbocycles. The van der Waals surface area contributed by atoms with Crippen molar-refractivity contribution >= 4 is 57.1 Å². The Labute approximate surface area is 429 Å². The first-order valence-corrected chi connectivity index (χ1v) is 38.1. The average Bonchev–Trinajstić information content (AvgIpc) is 3.30. The number of hydrogen-bond donors (Lipinski definition) is 0. The molecule has 0 radical (unpaired) electrons. The minimum Gasteiger partial charge on any atom is -0.494 e. The molecule has 0 heterocycles. The highest BCUT2D eigenvalue weighted by Gasteiger charge is 2.33. The molecule has 12 nitrogen and oxygen atoms in total. The summed E-state index contributed by atoms with van der Waals surface area (Å²) in [7, 11) is -7.10. The predicted octanol–water partition coefficient (Wildman–Crippen LogP) is 14.2. The average molecular weight is 1050 g/mol. The van der Waals surface area contributed by atoms with Crippen LogP contribution in [0.25, 0.3) is 0 Å². The lowest BCUT2D eigenvalue weighted by Crippen LogP contribution is -2.44. The lowest BCUT2D eigenvalue weighted by Gasteiger charge is -2.34. The number of rotatable bonds is 36. The van der Waals surface area contributed by atoms with Crippen molar-refractivity contribution in [1.82, 2.24) is 0 Å². The van der Waals surface area contributed by atoms with Crippen LogP contribution in [0.3, 0.4) is 0 Å². The van der Waals surface area contributed by atoms with Crippen molar-refractivity contribution in [2.45, 2.75) is 161 Å². The number of carbonyl (C=O) groups is 4. The third-order valence-corrected chi connectivity index (χ3v) is 27.0. The van der Waals surface area contributed by atoms with Gasteiger partial charge in [-0.2, -0.15) is 0 Å². The van der Waals surface area contributed by atoms with Crippen molar-refractivity contribution in [3.63, 3.8) is 0 Å². The number of esters is 4. The van der Waals surface area contributed by atoms with Crippen LogP contribution in [-0.2, 0) is 27.3 Å². The van der Waals surface area contributed by atoms with E-state index in [0.29, 0.717) is 66.1 Å². The smallest absolute Gasteiger partial charge is 0.343 e. The van der Waals surface area contributed by atoms with Gasteiger partial charge < -0.3 is 36.7 Å². The molecule has 0 saturated heterocycles. The highest BCUT2D eigenvalue weighted by molar-refractivity contribution is 6.85. The molecule has 0 bridgehead atoms. The predicted molar refractivity (Wildman–Crippen MR) is 294 cm³/mol. The van der Waals surface area contributed by atoms with Crippen LogP contribution in [0, 0.1) is 6.92 Å². The van der Waals surface area contributed by atoms with Gasteiger partial charge in [-0.1, -0.05) is 64.5 Å². The fourth-order valence-electron chi connectivity index (χ4n) is 8.36. The maximum Gasteiger partial charge on any atom is 0.343 e. The summed E-state index contributed by atoms with van der Waals surface area (Å²) in [5.41, 5.74) is 1.44. The Morgan fingerprint density at radius 3 is 1.15 bits per heavy atom. The van der Waals surface area contributed by atoms with Crippen LogP contribution >= 0.6 is 0 Å². The molecule has 3 rings (SSSR count). The van der Waals surface area contributed by atoms with E-state index in [1.807, 2.05) is 0 Å². The van der Waals surface area contributed by atoms with Gasteiger partial charge in [0.1, 0.15) is 23.0 Å². The van der Waals surface area contributed by atoms with Gasteiger partial charge in [0.15, 0.2) is 33.3 Å². The molecule has 3 aromatic carbocycles. The number of unbranched alkanes of at least 4 members (excludes halogenated alkanes) is 8. The van der Waals surface area contributed by atoms with E-state index in [0.717, 1.165) is 101 Å². The van der Waals surface area contributed by atoms with E-state index < -0.39 is 45.2 Å². The molecule has 0 aliphatic rings. The van der Waals surface area contributed by atoms with Gasteiger partial charge in [0.2, 0.25) is 0 Å². The quantitative estimate of drug-likeness (QED) is 0.0180. The molecule has 0 N–H and O–H groups in total. The molecular formula is C55H84O12Si4. The van der Waals surface area contributed by atoms with E-state index in [2.05, 4.69) is 65.5 Å². The third kappa shape index (κ3) is 26.1. The molecule has 0 unspecified atom stereocenters. The van der Waals surface area contributed by atoms with Crippen LogP contribution in [-0.4, -0.2) is 83.6 Å². The summed E-state index contributed by atoms with van der Waals surface area (Å²) in [4.78, 5) is 48.5. The van der Waals surface area contributed by atoms with Crippen LogP contribution in [0.4, 0.5) is 0 Å². The van der Waals surface area contributed by atoms with Crippen LogP contribution in [0.5, 0.6) is 23.0 Å². The molecule has 0 aliphatic heterocycles. The van der Waals surface area contributed by atoms with E-state index in [4.69, 9.17) is 36.7 Å². The van der Waals surface area contributed by atoms with Crippen molar-refractivity contribution < 1.29 is 55.8 Å². The summed E-state index contributed by atoms with van der Waals surface area (Å²) in [5.74, 6) is 0.376. The summed E-state index contributed by atoms with van der Waals surface area (Å²) in [5, 5.41) is 0. The highest BCUT2D eigenvalue weighted by atomic mass is 28.4. The Morgan fingerprint density at radius 1 is 0.437 bits per heavy atom. The Morgan fingerprint density at radius 2 is 0.775 bits per heavy atom. The second kappa shape index (κ2) is 31.1. The summed E-state index contributed by atoms with van der Waals surface area (Å²) in [6, 6.07) is 23.2. The van der Waals surface area contributed by atoms with E-state index >= 15 is 0 Å². The standard InChI is InChI=1S/C55H84O12Si4/c1-12-52(56)62-38-20-24-42-70(8,9)66-68(4,5)40-22-16-14-18-36-60-48-30-26-46(27-31-48)54(58)64-50-34-35-51(45(3)44-50)65-55(59)47-28-32-49(33-29-47)61-37-19-15-17-23-41-69(6,7)67-71(10,11)43-25-21-39-63-53(57)13-2/h12-13,26-35,44H,1-2,14-25,36-43H2,3-11H3. The van der Waals surface area contributed by atoms with Crippen LogP contribution in [0.1, 0.15) is 103 Å². The fourth-order valence-corrected chi connectivity index (χ4v) is 26.4. The lowest BCUT2D eigenvalue weighted by molar-refractivity contribution is -0.138. The van der Waals surface area contributed by atoms with E-state index in [1.54, 1.807) is 73.7 Å². The largest absolute Gasteiger partial charge is 0.494 e. The van der Waals surface area contributed by atoms with E-state index in [-0.39, 0.29) is 11.9 Å². The number of hydrogen-bond acceptors (Lipinski definition) is 12. The molecule has 3 aromatic rings. The van der Waals surface area contributed by atoms with Gasteiger partial charge in [0.25, 0.3) is 0 Å². The monoisotopic (exact) mass is 1050 g/mol. The first kappa shape index (κ1) is 60.7. The minimum atomic E-state index is -1.78. The zero-order valence-corrected chi connectivity index (χ0v) is 48.5. The molecule has 71 heavy (non-hydrogen) atoms. The lowest BCUT2D eigenvalue weighted by atomic mass is 10.2. The van der Waals surface area contributed by atoms with Crippen molar-refractivity contribution in [3.8, 4) is 23.0 Å². The Balaban J connectivity index is 1.29. The van der Waals surface area contributed by atoms with Gasteiger partial charge in [-0.05, 0) is 181 Å². The number of carbonyl (C=O) groups excluding carboxylic acids is 4. The van der Waals surface area contributed by atoms with Gasteiger partial charge in [0, 0.05) is 12.2 Å². The molecule has 16 heteroatoms. The van der Waals surface area contributed by atoms with Gasteiger partial charge in [-0.15, -0.1) is 0 Å². The fraction of sp³-hybridized carbons (Fsp3) is 0.527. The van der Waals surface area contributed by atoms with E-state index in [9.17, 15) is 19.2 Å². The van der Waals surface area contributed by atoms with Crippen LogP contribution in [0.15, 0.2) is 92.0 Å². The van der Waals surface area contributed by atoms with Gasteiger partial charge in [0.05, 0.1) is 37.6 Å². The van der Waals surface area contributed by atoms with Crippen molar-refractivity contribution in [2.75, 3.05) is 26.4 Å². The van der Waals surface area contributed by atoms with Crippen LogP contribution in [0.2, 0.25) is 76.6 Å². The Hall–Kier alpha value is -4.59. The number of benzene rings is 3. The van der Waals surface area contributed by atoms with Crippen molar-refractivity contribution in [3.05, 3.63) is 109 Å². The summed E-state index contributed by atoms with van der Waals surface area (Å²) >= 11 is 0. The SMILES string of the molecule is C=CC(=O)OCCCC[Si](C)(C)O[Si](C)(C)CCCCCCOc1ccc(C(=O)Oc2ccc(OC(=O)c3ccc(OCCCCCC[Si](C)(C)O[Si](C)(C)CCCCOC(=O)C=C)cc3)c(C)c2)cc1. The Kier molecular flexibility index (Phi) is 26.6. The summed E-state index contributed by atoms with van der Waals surface area (Å²) < 4.78 is 47.0. The maximum absolute atomic E-state index is 13.0. The molecule has 0 amide bonds. The second-order valence-electron chi connectivity index (χ2n) is 20.7. The number of aryl methyl sites for hydroxylation is 1. The maximum atomic E-state index is 13.0. The highest BCUT2D eigenvalue weighted by Crippen LogP contribution is 2.29. The minimum absolute atomic E-state index is 0.342. The van der Waals surface area contributed by atoms with Crippen molar-refractivity contribution in [2.24, 2.45) is 0 Å². The first-order chi connectivity index (χ1) is 33.6. The zero-order chi connectivity index (χ0) is 52.3. The normalized spacial score (nSPS) is 11.9. The van der Waals surface area contributed by atoms with Crippen molar-refractivity contribution in [1.29, 1.82) is 0 Å². The Bertz CT molecular complexity index is 2120. The third-order valence-electron chi connectivity index (χ3n) is 11.9. The topological polar surface area (TPSA) is 142 Å². The van der Waals surface area contributed by atoms with Gasteiger partial charge in [-0.3, -0.25) is 0 Å². The molecule has 0 atom stereocenters. The molecule has 392 valence electrons. The summed E-state index contributed by atoms with van der Waals surface area (Å²) in [6.45, 7) is 29.1. The van der Waals surface area contributed by atoms with E-state index in [1.165, 1.54) is 12.2 Å². The molecular weight excluding hydrogens is 965 g/mol. The summed E-state index contributed by atoms with van der Waals surface area (Å²) in [6.07, 6.45) is 14.6. The molecule has 0 saturated carbocycles. The molecule has 0 fully saturated rings. The van der Waals surface area contributed by atoms with Gasteiger partial charge >= 0.3 is 23.9 Å². The van der Waals surface area contributed by atoms with Gasteiger partial charge in [-0.25, -0.2) is 19.2 Å². The van der Waals surface area contributed by atoms with Crippen LogP contribution < -0.4 is 18.9 Å². The molecule has 0 aromatic heterocycles. The number of ether oxygens (including phenoxy) is 6. The molecule has 0 spiro atoms.